The summed E-state index contributed by atoms with van der Waals surface area (Å²) in [7, 11) is 1.69. The number of benzene rings is 1. The average molecular weight is 431 g/mol. The summed E-state index contributed by atoms with van der Waals surface area (Å²) in [6, 6.07) is 6.08. The maximum absolute atomic E-state index is 11.6. The first-order chi connectivity index (χ1) is 14.7. The molecule has 3 rings (SSSR count). The van der Waals surface area contributed by atoms with Gasteiger partial charge in [-0.1, -0.05) is 12.8 Å². The number of carbonyl (C=O) groups is 1. The Bertz CT molecular complexity index is 845. The number of hydrazone groups is 1. The number of thiazole rings is 1. The molecule has 1 N–H and O–H groups in total. The van der Waals surface area contributed by atoms with Crippen molar-refractivity contribution in [2.24, 2.45) is 5.10 Å². The molecular weight excluding hydrogens is 400 g/mol. The molecule has 2 heterocycles. The van der Waals surface area contributed by atoms with Crippen molar-refractivity contribution in [3.05, 3.63) is 40.4 Å². The van der Waals surface area contributed by atoms with Gasteiger partial charge in [0, 0.05) is 11.9 Å². The number of hydrogen-bond acceptors (Lipinski definition) is 8. The second-order valence-corrected chi connectivity index (χ2v) is 8.11. The number of esters is 1. The highest BCUT2D eigenvalue weighted by molar-refractivity contribution is 7.13. The van der Waals surface area contributed by atoms with Crippen LogP contribution in [0.2, 0.25) is 0 Å². The Balaban J connectivity index is 1.64. The van der Waals surface area contributed by atoms with Crippen molar-refractivity contribution in [1.29, 1.82) is 0 Å². The lowest BCUT2D eigenvalue weighted by molar-refractivity contribution is -0.142. The van der Waals surface area contributed by atoms with E-state index in [2.05, 4.69) is 26.5 Å². The highest BCUT2D eigenvalue weighted by Gasteiger charge is 2.12. The molecule has 2 aromatic rings. The molecule has 1 aliphatic heterocycles. The van der Waals surface area contributed by atoms with Gasteiger partial charge in [-0.15, -0.1) is 11.3 Å². The zero-order chi connectivity index (χ0) is 21.2. The molecular formula is C22H30N4O3S. The van der Waals surface area contributed by atoms with Crippen LogP contribution in [0.1, 0.15) is 49.4 Å². The van der Waals surface area contributed by atoms with Gasteiger partial charge in [0.25, 0.3) is 0 Å². The first-order valence-corrected chi connectivity index (χ1v) is 11.3. The second kappa shape index (κ2) is 11.7. The molecule has 0 amide bonds. The maximum atomic E-state index is 11.6. The zero-order valence-electron chi connectivity index (χ0n) is 17.7. The van der Waals surface area contributed by atoms with Crippen molar-refractivity contribution in [2.45, 2.75) is 45.6 Å². The van der Waals surface area contributed by atoms with E-state index < -0.39 is 0 Å². The minimum absolute atomic E-state index is 0.175. The summed E-state index contributed by atoms with van der Waals surface area (Å²) < 4.78 is 10.4. The number of rotatable bonds is 9. The summed E-state index contributed by atoms with van der Waals surface area (Å²) in [6.45, 7) is 5.32. The molecule has 1 aliphatic rings. The summed E-state index contributed by atoms with van der Waals surface area (Å²) in [6.07, 6.45) is 7.14. The van der Waals surface area contributed by atoms with Crippen molar-refractivity contribution in [2.75, 3.05) is 32.2 Å². The topological polar surface area (TPSA) is 76.1 Å². The minimum atomic E-state index is -0.269. The lowest BCUT2D eigenvalue weighted by Gasteiger charge is -2.21. The molecule has 0 atom stereocenters. The molecule has 0 spiro atoms. The number of likely N-dealkylation sites (tertiary alicyclic amines) is 1. The number of methoxy groups -OCH3 is 1. The molecule has 0 unspecified atom stereocenters. The van der Waals surface area contributed by atoms with E-state index in [-0.39, 0.29) is 12.4 Å². The average Bonchev–Trinajstić information content (AvgIpc) is 3.01. The number of aromatic nitrogens is 1. The van der Waals surface area contributed by atoms with Crippen LogP contribution in [0.5, 0.6) is 5.75 Å². The first kappa shape index (κ1) is 22.2. The van der Waals surface area contributed by atoms with Gasteiger partial charge in [0.05, 0.1) is 32.0 Å². The number of nitrogens with one attached hydrogen (secondary N) is 1. The number of carbonyl (C=O) groups excluding carboxylic acids is 1. The van der Waals surface area contributed by atoms with Crippen LogP contribution in [0.4, 0.5) is 5.13 Å². The van der Waals surface area contributed by atoms with Crippen LogP contribution in [0.25, 0.3) is 0 Å². The van der Waals surface area contributed by atoms with E-state index in [1.807, 2.05) is 23.7 Å². The standard InChI is InChI=1S/C22H30N4O3S/c1-3-29-21(27)13-19-16-30-22(24-19)25-23-14-17-8-9-20(28-2)12-18(17)15-26-10-6-4-5-7-11-26/h8-9,12,14,16H,3-7,10-11,13,15H2,1-2H3,(H,24,25). The van der Waals surface area contributed by atoms with E-state index in [0.29, 0.717) is 17.4 Å². The molecule has 1 aromatic carbocycles. The van der Waals surface area contributed by atoms with E-state index in [0.717, 1.165) is 30.9 Å². The van der Waals surface area contributed by atoms with E-state index in [9.17, 15) is 4.79 Å². The molecule has 1 aromatic heterocycles. The summed E-state index contributed by atoms with van der Waals surface area (Å²) in [5.41, 5.74) is 5.90. The van der Waals surface area contributed by atoms with E-state index >= 15 is 0 Å². The third kappa shape index (κ3) is 6.81. The van der Waals surface area contributed by atoms with Crippen molar-refractivity contribution in [1.82, 2.24) is 9.88 Å². The van der Waals surface area contributed by atoms with Gasteiger partial charge >= 0.3 is 5.97 Å². The van der Waals surface area contributed by atoms with Crippen LogP contribution in [-0.4, -0.2) is 48.9 Å². The van der Waals surface area contributed by atoms with Gasteiger partial charge in [0.15, 0.2) is 0 Å². The van der Waals surface area contributed by atoms with Crippen molar-refractivity contribution < 1.29 is 14.3 Å². The fourth-order valence-electron chi connectivity index (χ4n) is 3.46. The Morgan fingerprint density at radius 2 is 2.10 bits per heavy atom. The smallest absolute Gasteiger partial charge is 0.311 e. The van der Waals surface area contributed by atoms with Gasteiger partial charge in [-0.2, -0.15) is 5.10 Å². The number of nitrogens with zero attached hydrogens (tertiary/aromatic N) is 3. The fourth-order valence-corrected chi connectivity index (χ4v) is 4.12. The van der Waals surface area contributed by atoms with Gasteiger partial charge in [0.1, 0.15) is 5.75 Å². The van der Waals surface area contributed by atoms with Crippen LogP contribution in [0.15, 0.2) is 28.7 Å². The molecule has 7 nitrogen and oxygen atoms in total. The van der Waals surface area contributed by atoms with Crippen molar-refractivity contribution in [3.63, 3.8) is 0 Å². The van der Waals surface area contributed by atoms with Gasteiger partial charge in [-0.05, 0) is 62.2 Å². The molecule has 30 heavy (non-hydrogen) atoms. The molecule has 0 radical (unpaired) electrons. The molecule has 0 bridgehead atoms. The molecule has 162 valence electrons. The van der Waals surface area contributed by atoms with Crippen molar-refractivity contribution >= 4 is 28.7 Å². The predicted octanol–water partition coefficient (Wildman–Crippen LogP) is 4.08. The van der Waals surface area contributed by atoms with Gasteiger partial charge in [0.2, 0.25) is 5.13 Å². The summed E-state index contributed by atoms with van der Waals surface area (Å²) in [5, 5.41) is 6.85. The lowest BCUT2D eigenvalue weighted by Crippen LogP contribution is -2.24. The monoisotopic (exact) mass is 430 g/mol. The predicted molar refractivity (Wildman–Crippen MR) is 120 cm³/mol. The lowest BCUT2D eigenvalue weighted by atomic mass is 10.1. The van der Waals surface area contributed by atoms with Crippen LogP contribution in [0.3, 0.4) is 0 Å². The summed E-state index contributed by atoms with van der Waals surface area (Å²) in [5.74, 6) is 0.586. The Hall–Kier alpha value is -2.45. The van der Waals surface area contributed by atoms with Gasteiger partial charge < -0.3 is 9.47 Å². The van der Waals surface area contributed by atoms with E-state index in [1.165, 1.54) is 42.6 Å². The Labute approximate surface area is 182 Å². The highest BCUT2D eigenvalue weighted by atomic mass is 32.1. The Morgan fingerprint density at radius 1 is 1.30 bits per heavy atom. The highest BCUT2D eigenvalue weighted by Crippen LogP contribution is 2.21. The van der Waals surface area contributed by atoms with Crippen molar-refractivity contribution in [3.8, 4) is 5.75 Å². The van der Waals surface area contributed by atoms with Gasteiger partial charge in [-0.3, -0.25) is 15.1 Å². The molecule has 0 aliphatic carbocycles. The molecule has 8 heteroatoms. The third-order valence-electron chi connectivity index (χ3n) is 4.99. The molecule has 1 fully saturated rings. The first-order valence-electron chi connectivity index (χ1n) is 10.5. The molecule has 0 saturated carbocycles. The van der Waals surface area contributed by atoms with Crippen LogP contribution in [0, 0.1) is 0 Å². The fraction of sp³-hybridized carbons (Fsp3) is 0.500. The largest absolute Gasteiger partial charge is 0.497 e. The third-order valence-corrected chi connectivity index (χ3v) is 5.78. The van der Waals surface area contributed by atoms with Gasteiger partial charge in [-0.25, -0.2) is 4.98 Å². The number of ether oxygens (including phenoxy) is 2. The normalized spacial score (nSPS) is 15.1. The Morgan fingerprint density at radius 3 is 2.83 bits per heavy atom. The Kier molecular flexibility index (Phi) is 8.65. The SMILES string of the molecule is CCOC(=O)Cc1csc(NN=Cc2ccc(OC)cc2CN2CCCCCC2)n1. The zero-order valence-corrected chi connectivity index (χ0v) is 18.5. The summed E-state index contributed by atoms with van der Waals surface area (Å²) >= 11 is 1.41. The van der Waals surface area contributed by atoms with Crippen LogP contribution in [-0.2, 0) is 22.5 Å². The second-order valence-electron chi connectivity index (χ2n) is 7.25. The minimum Gasteiger partial charge on any atom is -0.497 e. The molecule has 1 saturated heterocycles. The maximum Gasteiger partial charge on any atom is 0.311 e. The number of hydrogen-bond donors (Lipinski definition) is 1. The van der Waals surface area contributed by atoms with E-state index in [1.54, 1.807) is 14.0 Å². The van der Waals surface area contributed by atoms with E-state index in [4.69, 9.17) is 9.47 Å². The summed E-state index contributed by atoms with van der Waals surface area (Å²) in [4.78, 5) is 18.5. The van der Waals surface area contributed by atoms with Crippen LogP contribution < -0.4 is 10.2 Å². The quantitative estimate of drug-likeness (QED) is 0.367. The number of anilines is 1. The van der Waals surface area contributed by atoms with Crippen LogP contribution >= 0.6 is 11.3 Å².